The zero-order valence-electron chi connectivity index (χ0n) is 11.5. The molecule has 5 nitrogen and oxygen atoms in total. The van der Waals surface area contributed by atoms with Crippen molar-refractivity contribution in [2.24, 2.45) is 0 Å². The summed E-state index contributed by atoms with van der Waals surface area (Å²) >= 11 is 1.22. The number of hydrogen-bond donors (Lipinski definition) is 1. The summed E-state index contributed by atoms with van der Waals surface area (Å²) in [4.78, 5) is 25.3. The van der Waals surface area contributed by atoms with Crippen molar-refractivity contribution in [2.45, 2.75) is 11.4 Å². The molecule has 6 heteroatoms. The number of benzene rings is 1. The highest BCUT2D eigenvalue weighted by Crippen LogP contribution is 2.23. The Hall–Kier alpha value is -2.21. The predicted molar refractivity (Wildman–Crippen MR) is 79.3 cm³/mol. The van der Waals surface area contributed by atoms with E-state index < -0.39 is 5.97 Å². The zero-order chi connectivity index (χ0) is 15.2. The molecule has 0 aliphatic rings. The highest BCUT2D eigenvalue weighted by Gasteiger charge is 2.14. The van der Waals surface area contributed by atoms with E-state index in [0.29, 0.717) is 17.2 Å². The van der Waals surface area contributed by atoms with Crippen molar-refractivity contribution in [1.29, 1.82) is 0 Å². The van der Waals surface area contributed by atoms with E-state index in [0.717, 1.165) is 0 Å². The smallest absolute Gasteiger partial charge is 0.336 e. The number of carbonyl (C=O) groups excluding carboxylic acids is 1. The van der Waals surface area contributed by atoms with E-state index in [-0.39, 0.29) is 17.2 Å². The lowest BCUT2D eigenvalue weighted by molar-refractivity contribution is -0.127. The van der Waals surface area contributed by atoms with Crippen LogP contribution < -0.4 is 0 Å². The van der Waals surface area contributed by atoms with Gasteiger partial charge in [0.15, 0.2) is 0 Å². The summed E-state index contributed by atoms with van der Waals surface area (Å²) in [6.07, 6.45) is 1.56. The van der Waals surface area contributed by atoms with Gasteiger partial charge >= 0.3 is 5.97 Å². The number of furan rings is 1. The predicted octanol–water partition coefficient (Wildman–Crippen LogP) is 2.73. The summed E-state index contributed by atoms with van der Waals surface area (Å²) in [5.41, 5.74) is 0.212. The number of aromatic carboxylic acids is 1. The Morgan fingerprint density at radius 2 is 2.00 bits per heavy atom. The summed E-state index contributed by atoms with van der Waals surface area (Å²) < 4.78 is 5.19. The Morgan fingerprint density at radius 3 is 2.67 bits per heavy atom. The molecule has 0 aliphatic carbocycles. The van der Waals surface area contributed by atoms with Crippen LogP contribution >= 0.6 is 11.8 Å². The molecule has 0 saturated carbocycles. The molecule has 1 aromatic heterocycles. The number of carbonyl (C=O) groups is 2. The van der Waals surface area contributed by atoms with Crippen LogP contribution in [0.4, 0.5) is 0 Å². The first kappa shape index (κ1) is 15.2. The molecule has 110 valence electrons. The number of thioether (sulfide) groups is 1. The minimum atomic E-state index is -0.991. The second kappa shape index (κ2) is 6.99. The molecule has 21 heavy (non-hydrogen) atoms. The molecule has 1 heterocycles. The lowest BCUT2D eigenvalue weighted by atomic mass is 10.2. The molecule has 0 unspecified atom stereocenters. The third-order valence-electron chi connectivity index (χ3n) is 2.87. The van der Waals surface area contributed by atoms with Crippen molar-refractivity contribution in [1.82, 2.24) is 4.90 Å². The molecular weight excluding hydrogens is 290 g/mol. The maximum atomic E-state index is 12.0. The number of carboxylic acid groups (broad SMARTS) is 1. The first-order valence-electron chi connectivity index (χ1n) is 6.29. The molecule has 0 saturated heterocycles. The van der Waals surface area contributed by atoms with Crippen LogP contribution in [0, 0.1) is 0 Å². The summed E-state index contributed by atoms with van der Waals surface area (Å²) in [5.74, 6) is -0.186. The molecule has 1 N–H and O–H groups in total. The molecule has 0 bridgehead atoms. The van der Waals surface area contributed by atoms with Crippen LogP contribution in [0.15, 0.2) is 52.0 Å². The number of hydrogen-bond acceptors (Lipinski definition) is 4. The topological polar surface area (TPSA) is 70.8 Å². The number of nitrogens with zero attached hydrogens (tertiary/aromatic N) is 1. The van der Waals surface area contributed by atoms with Crippen molar-refractivity contribution in [2.75, 3.05) is 12.8 Å². The fourth-order valence-corrected chi connectivity index (χ4v) is 2.73. The van der Waals surface area contributed by atoms with Gasteiger partial charge in [-0.2, -0.15) is 0 Å². The monoisotopic (exact) mass is 305 g/mol. The summed E-state index contributed by atoms with van der Waals surface area (Å²) in [6.45, 7) is 0.396. The standard InChI is InChI=1S/C15H15NO4S/c1-16(9-11-5-4-8-20-11)14(17)10-21-13-7-3-2-6-12(13)15(18)19/h2-8H,9-10H2,1H3,(H,18,19). The number of rotatable bonds is 6. The lowest BCUT2D eigenvalue weighted by Gasteiger charge is -2.15. The van der Waals surface area contributed by atoms with Gasteiger partial charge in [0.05, 0.1) is 24.1 Å². The van der Waals surface area contributed by atoms with Crippen molar-refractivity contribution in [3.05, 3.63) is 54.0 Å². The van der Waals surface area contributed by atoms with Crippen LogP contribution in [0.3, 0.4) is 0 Å². The van der Waals surface area contributed by atoms with E-state index in [1.165, 1.54) is 17.8 Å². The SMILES string of the molecule is CN(Cc1ccco1)C(=O)CSc1ccccc1C(=O)O. The highest BCUT2D eigenvalue weighted by atomic mass is 32.2. The molecule has 0 fully saturated rings. The Labute approximate surface area is 126 Å². The molecule has 1 amide bonds. The molecule has 0 radical (unpaired) electrons. The Bertz CT molecular complexity index is 624. The first-order chi connectivity index (χ1) is 10.1. The largest absolute Gasteiger partial charge is 0.478 e. The van der Waals surface area contributed by atoms with Crippen LogP contribution in [-0.4, -0.2) is 34.7 Å². The van der Waals surface area contributed by atoms with Gasteiger partial charge in [-0.15, -0.1) is 11.8 Å². The van der Waals surface area contributed by atoms with Gasteiger partial charge < -0.3 is 14.4 Å². The van der Waals surface area contributed by atoms with Gasteiger partial charge in [0, 0.05) is 11.9 Å². The number of amides is 1. The lowest BCUT2D eigenvalue weighted by Crippen LogP contribution is -2.27. The average Bonchev–Trinajstić information content (AvgIpc) is 2.97. The van der Waals surface area contributed by atoms with Gasteiger partial charge in [-0.3, -0.25) is 4.79 Å². The second-order valence-electron chi connectivity index (χ2n) is 4.42. The minimum absolute atomic E-state index is 0.0865. The van der Waals surface area contributed by atoms with E-state index in [1.807, 2.05) is 0 Å². The fraction of sp³-hybridized carbons (Fsp3) is 0.200. The Morgan fingerprint density at radius 1 is 1.24 bits per heavy atom. The molecule has 0 spiro atoms. The fourth-order valence-electron chi connectivity index (χ4n) is 1.74. The third-order valence-corrected chi connectivity index (χ3v) is 3.93. The molecule has 1 aromatic carbocycles. The average molecular weight is 305 g/mol. The molecule has 2 rings (SSSR count). The van der Waals surface area contributed by atoms with Crippen LogP contribution in [0.2, 0.25) is 0 Å². The second-order valence-corrected chi connectivity index (χ2v) is 5.44. The van der Waals surface area contributed by atoms with Crippen molar-refractivity contribution < 1.29 is 19.1 Å². The molecule has 0 atom stereocenters. The Kier molecular flexibility index (Phi) is 5.05. The Balaban J connectivity index is 1.93. The maximum absolute atomic E-state index is 12.0. The van der Waals surface area contributed by atoms with E-state index in [9.17, 15) is 9.59 Å². The summed E-state index contributed by atoms with van der Waals surface area (Å²) in [7, 11) is 1.69. The minimum Gasteiger partial charge on any atom is -0.478 e. The van der Waals surface area contributed by atoms with Crippen molar-refractivity contribution in [3.63, 3.8) is 0 Å². The van der Waals surface area contributed by atoms with Crippen LogP contribution in [-0.2, 0) is 11.3 Å². The van der Waals surface area contributed by atoms with Gasteiger partial charge in [-0.25, -0.2) is 4.79 Å². The first-order valence-corrected chi connectivity index (χ1v) is 7.28. The van der Waals surface area contributed by atoms with E-state index in [4.69, 9.17) is 9.52 Å². The number of carboxylic acids is 1. The van der Waals surface area contributed by atoms with E-state index in [2.05, 4.69) is 0 Å². The quantitative estimate of drug-likeness (QED) is 0.831. The van der Waals surface area contributed by atoms with Gasteiger partial charge in [0.25, 0.3) is 0 Å². The van der Waals surface area contributed by atoms with E-state index >= 15 is 0 Å². The summed E-state index contributed by atoms with van der Waals surface area (Å²) in [5, 5.41) is 9.09. The maximum Gasteiger partial charge on any atom is 0.336 e. The van der Waals surface area contributed by atoms with Crippen LogP contribution in [0.1, 0.15) is 16.1 Å². The van der Waals surface area contributed by atoms with Crippen LogP contribution in [0.25, 0.3) is 0 Å². The van der Waals surface area contributed by atoms with Gasteiger partial charge in [-0.1, -0.05) is 12.1 Å². The molecular formula is C15H15NO4S. The molecule has 0 aliphatic heterocycles. The van der Waals surface area contributed by atoms with Gasteiger partial charge in [-0.05, 0) is 24.3 Å². The van der Waals surface area contributed by atoms with Gasteiger partial charge in [0.2, 0.25) is 5.91 Å². The third kappa shape index (κ3) is 4.13. The zero-order valence-corrected chi connectivity index (χ0v) is 12.3. The van der Waals surface area contributed by atoms with Crippen molar-refractivity contribution >= 4 is 23.6 Å². The van der Waals surface area contributed by atoms with Gasteiger partial charge in [0.1, 0.15) is 5.76 Å². The molecule has 2 aromatic rings. The van der Waals surface area contributed by atoms with Crippen LogP contribution in [0.5, 0.6) is 0 Å². The summed E-state index contributed by atoms with van der Waals surface area (Å²) in [6, 6.07) is 10.2. The highest BCUT2D eigenvalue weighted by molar-refractivity contribution is 8.00. The van der Waals surface area contributed by atoms with E-state index in [1.54, 1.807) is 48.5 Å². The van der Waals surface area contributed by atoms with Crippen molar-refractivity contribution in [3.8, 4) is 0 Å². The normalized spacial score (nSPS) is 10.3.